The van der Waals surface area contributed by atoms with Gasteiger partial charge in [-0.05, 0) is 12.1 Å². The van der Waals surface area contributed by atoms with Crippen LogP contribution in [0.3, 0.4) is 0 Å². The van der Waals surface area contributed by atoms with Crippen molar-refractivity contribution in [3.05, 3.63) is 68.8 Å². The molecule has 4 aromatic rings. The fourth-order valence-electron chi connectivity index (χ4n) is 2.40. The fraction of sp³-hybridized carbons (Fsp3) is 0.176. The Kier molecular flexibility index (Phi) is 5.15. The van der Waals surface area contributed by atoms with Gasteiger partial charge >= 0.3 is 0 Å². The Morgan fingerprint density at radius 3 is 3.00 bits per heavy atom. The highest BCUT2D eigenvalue weighted by molar-refractivity contribution is 7.98. The number of aromatic nitrogens is 5. The van der Waals surface area contributed by atoms with Gasteiger partial charge in [0.05, 0.1) is 10.7 Å². The zero-order valence-corrected chi connectivity index (χ0v) is 16.6. The zero-order chi connectivity index (χ0) is 18.8. The van der Waals surface area contributed by atoms with Gasteiger partial charge in [0.15, 0.2) is 15.9 Å². The third-order valence-electron chi connectivity index (χ3n) is 3.82. The van der Waals surface area contributed by atoms with E-state index in [0.29, 0.717) is 33.0 Å². The van der Waals surface area contributed by atoms with Gasteiger partial charge in [0.25, 0.3) is 5.56 Å². The first-order chi connectivity index (χ1) is 13.1. The summed E-state index contributed by atoms with van der Waals surface area (Å²) in [6.45, 7) is 0.258. The van der Waals surface area contributed by atoms with Crippen molar-refractivity contribution in [2.45, 2.75) is 17.5 Å². The molecular formula is C17H14ClN5O2S2. The topological polar surface area (TPSA) is 74.3 Å². The van der Waals surface area contributed by atoms with Crippen LogP contribution in [0.4, 0.5) is 0 Å². The first kappa shape index (κ1) is 18.0. The van der Waals surface area contributed by atoms with E-state index in [0.717, 1.165) is 5.16 Å². The van der Waals surface area contributed by atoms with Crippen molar-refractivity contribution >= 4 is 39.7 Å². The van der Waals surface area contributed by atoms with Crippen LogP contribution in [0.5, 0.6) is 5.75 Å². The minimum atomic E-state index is -0.0800. The lowest BCUT2D eigenvalue weighted by molar-refractivity contribution is 0.290. The van der Waals surface area contributed by atoms with E-state index in [1.54, 1.807) is 24.4 Å². The van der Waals surface area contributed by atoms with Gasteiger partial charge in [-0.2, -0.15) is 0 Å². The summed E-state index contributed by atoms with van der Waals surface area (Å²) in [5.74, 6) is 1.81. The van der Waals surface area contributed by atoms with Crippen LogP contribution in [0, 0.1) is 0 Å². The van der Waals surface area contributed by atoms with Gasteiger partial charge < -0.3 is 9.30 Å². The zero-order valence-electron chi connectivity index (χ0n) is 14.2. The Morgan fingerprint density at radius 1 is 1.30 bits per heavy atom. The molecule has 0 radical (unpaired) electrons. The van der Waals surface area contributed by atoms with Crippen LogP contribution >= 0.6 is 34.7 Å². The Hall–Kier alpha value is -2.36. The molecule has 0 unspecified atom stereocenters. The first-order valence-corrected chi connectivity index (χ1v) is 10.2. The van der Waals surface area contributed by atoms with Crippen molar-refractivity contribution in [2.75, 3.05) is 0 Å². The maximum atomic E-state index is 12.1. The molecule has 0 spiro atoms. The highest BCUT2D eigenvalue weighted by Gasteiger charge is 2.12. The number of hydrogen-bond acceptors (Lipinski definition) is 7. The van der Waals surface area contributed by atoms with Crippen molar-refractivity contribution < 1.29 is 4.74 Å². The van der Waals surface area contributed by atoms with Gasteiger partial charge in [-0.3, -0.25) is 9.20 Å². The second-order valence-corrected chi connectivity index (χ2v) is 7.83. The number of thiazole rings is 1. The average Bonchev–Trinajstić information content (AvgIpc) is 3.27. The molecule has 0 saturated carbocycles. The summed E-state index contributed by atoms with van der Waals surface area (Å²) in [4.78, 5) is 17.2. The molecule has 27 heavy (non-hydrogen) atoms. The molecule has 10 heteroatoms. The SMILES string of the molecule is Cn1c(COc2ccccc2Cl)nnc1SCc1cc(=O)n2ccsc2n1. The normalized spacial score (nSPS) is 11.2. The molecule has 4 rings (SSSR count). The Morgan fingerprint density at radius 2 is 2.15 bits per heavy atom. The minimum absolute atomic E-state index is 0.0800. The van der Waals surface area contributed by atoms with Crippen LogP contribution < -0.4 is 10.3 Å². The second-order valence-electron chi connectivity index (χ2n) is 5.61. The van der Waals surface area contributed by atoms with Crippen molar-refractivity contribution in [3.8, 4) is 5.75 Å². The third kappa shape index (κ3) is 3.85. The molecule has 1 aromatic carbocycles. The number of halogens is 1. The van der Waals surface area contributed by atoms with Gasteiger partial charge in [-0.15, -0.1) is 21.5 Å². The van der Waals surface area contributed by atoms with Gasteiger partial charge in [0.2, 0.25) is 0 Å². The molecule has 0 N–H and O–H groups in total. The van der Waals surface area contributed by atoms with Crippen molar-refractivity contribution in [1.29, 1.82) is 0 Å². The molecule has 0 bridgehead atoms. The summed E-state index contributed by atoms with van der Waals surface area (Å²) in [6, 6.07) is 8.83. The number of rotatable bonds is 6. The Balaban J connectivity index is 1.44. The van der Waals surface area contributed by atoms with E-state index < -0.39 is 0 Å². The number of thioether (sulfide) groups is 1. The smallest absolute Gasteiger partial charge is 0.258 e. The Labute approximate surface area is 167 Å². The molecule has 0 amide bonds. The summed E-state index contributed by atoms with van der Waals surface area (Å²) < 4.78 is 9.11. The van der Waals surface area contributed by atoms with Crippen LogP contribution in [0.25, 0.3) is 4.96 Å². The van der Waals surface area contributed by atoms with Crippen molar-refractivity contribution in [2.24, 2.45) is 7.05 Å². The molecule has 0 atom stereocenters. The second kappa shape index (κ2) is 7.71. The predicted molar refractivity (Wildman–Crippen MR) is 106 cm³/mol. The summed E-state index contributed by atoms with van der Waals surface area (Å²) >= 11 is 8.99. The molecule has 0 saturated heterocycles. The molecule has 0 aliphatic carbocycles. The van der Waals surface area contributed by atoms with E-state index in [-0.39, 0.29) is 12.2 Å². The van der Waals surface area contributed by atoms with E-state index in [4.69, 9.17) is 16.3 Å². The monoisotopic (exact) mass is 419 g/mol. The van der Waals surface area contributed by atoms with E-state index in [1.807, 2.05) is 29.1 Å². The van der Waals surface area contributed by atoms with Crippen LogP contribution in [0.1, 0.15) is 11.5 Å². The number of hydrogen-bond donors (Lipinski definition) is 0. The summed E-state index contributed by atoms with van der Waals surface area (Å²) in [6.07, 6.45) is 1.72. The van der Waals surface area contributed by atoms with E-state index in [2.05, 4.69) is 15.2 Å². The summed E-state index contributed by atoms with van der Waals surface area (Å²) in [5, 5.41) is 11.5. The molecule has 138 valence electrons. The average molecular weight is 420 g/mol. The van der Waals surface area contributed by atoms with Crippen LogP contribution in [0.15, 0.2) is 51.9 Å². The molecule has 0 fully saturated rings. The third-order valence-corrected chi connectivity index (χ3v) is 5.95. The molecule has 0 aliphatic rings. The number of ether oxygens (including phenoxy) is 1. The lowest BCUT2D eigenvalue weighted by Gasteiger charge is -2.07. The molecular weight excluding hydrogens is 406 g/mol. The summed E-state index contributed by atoms with van der Waals surface area (Å²) in [5.41, 5.74) is 0.632. The minimum Gasteiger partial charge on any atom is -0.484 e. The molecule has 3 heterocycles. The largest absolute Gasteiger partial charge is 0.484 e. The standard InChI is InChI=1S/C17H14ClN5O2S2/c1-22-14(9-25-13-5-3-2-4-12(13)18)20-21-17(22)27-10-11-8-15(24)23-6-7-26-16(23)19-11/h2-8H,9-10H2,1H3. The summed E-state index contributed by atoms with van der Waals surface area (Å²) in [7, 11) is 1.87. The number of para-hydroxylation sites is 1. The first-order valence-electron chi connectivity index (χ1n) is 7.96. The molecule has 0 aliphatic heterocycles. The van der Waals surface area contributed by atoms with E-state index >= 15 is 0 Å². The van der Waals surface area contributed by atoms with E-state index in [9.17, 15) is 4.79 Å². The predicted octanol–water partition coefficient (Wildman–Crippen LogP) is 3.41. The lowest BCUT2D eigenvalue weighted by Crippen LogP contribution is -2.12. The quantitative estimate of drug-likeness (QED) is 0.446. The van der Waals surface area contributed by atoms with Crippen LogP contribution in [0.2, 0.25) is 5.02 Å². The highest BCUT2D eigenvalue weighted by atomic mass is 35.5. The van der Waals surface area contributed by atoms with E-state index in [1.165, 1.54) is 27.5 Å². The van der Waals surface area contributed by atoms with Gasteiger partial charge in [-0.25, -0.2) is 4.98 Å². The van der Waals surface area contributed by atoms with Crippen molar-refractivity contribution in [1.82, 2.24) is 24.1 Å². The van der Waals surface area contributed by atoms with Gasteiger partial charge in [0.1, 0.15) is 12.4 Å². The lowest BCUT2D eigenvalue weighted by atomic mass is 10.3. The number of benzene rings is 1. The van der Waals surface area contributed by atoms with Gasteiger partial charge in [0, 0.05) is 30.4 Å². The molecule has 7 nitrogen and oxygen atoms in total. The maximum absolute atomic E-state index is 12.1. The number of nitrogens with zero attached hydrogens (tertiary/aromatic N) is 5. The molecule has 3 aromatic heterocycles. The van der Waals surface area contributed by atoms with Gasteiger partial charge in [-0.1, -0.05) is 35.5 Å². The maximum Gasteiger partial charge on any atom is 0.258 e. The Bertz CT molecular complexity index is 1150. The number of fused-ring (bicyclic) bond motifs is 1. The van der Waals surface area contributed by atoms with Crippen LogP contribution in [-0.4, -0.2) is 24.1 Å². The van der Waals surface area contributed by atoms with Crippen LogP contribution in [-0.2, 0) is 19.4 Å². The van der Waals surface area contributed by atoms with Crippen molar-refractivity contribution in [3.63, 3.8) is 0 Å². The highest BCUT2D eigenvalue weighted by Crippen LogP contribution is 2.25. The fourth-order valence-corrected chi connectivity index (χ4v) is 4.15.